The van der Waals surface area contributed by atoms with Crippen LogP contribution in [-0.4, -0.2) is 38.9 Å². The number of hydrogen-bond donors (Lipinski definition) is 1. The van der Waals surface area contributed by atoms with Gasteiger partial charge in [-0.2, -0.15) is 0 Å². The minimum atomic E-state index is -0.879. The number of hydrogen-bond acceptors (Lipinski definition) is 3. The summed E-state index contributed by atoms with van der Waals surface area (Å²) in [6.07, 6.45) is 6.67. The van der Waals surface area contributed by atoms with Crippen LogP contribution in [0.25, 0.3) is 10.2 Å². The molecule has 0 bridgehead atoms. The lowest BCUT2D eigenvalue weighted by Crippen LogP contribution is -2.66. The highest BCUT2D eigenvalue weighted by atomic mass is 32.1. The lowest BCUT2D eigenvalue weighted by atomic mass is 9.90. The topological polar surface area (TPSA) is 54.3 Å². The highest BCUT2D eigenvalue weighted by Gasteiger charge is 2.49. The molecule has 1 unspecified atom stereocenters. The van der Waals surface area contributed by atoms with Crippen LogP contribution in [0.4, 0.5) is 0 Å². The summed E-state index contributed by atoms with van der Waals surface area (Å²) in [6.45, 7) is 8.59. The van der Waals surface area contributed by atoms with Crippen molar-refractivity contribution >= 4 is 33.4 Å². The predicted octanol–water partition coefficient (Wildman–Crippen LogP) is 4.34. The molecule has 1 saturated carbocycles. The third-order valence-corrected chi connectivity index (χ3v) is 7.59. The van der Waals surface area contributed by atoms with E-state index in [0.717, 1.165) is 29.5 Å². The number of aromatic nitrogens is 1. The molecule has 5 nitrogen and oxygen atoms in total. The van der Waals surface area contributed by atoms with Crippen LogP contribution >= 0.6 is 11.3 Å². The van der Waals surface area contributed by atoms with E-state index in [-0.39, 0.29) is 23.9 Å². The molecule has 1 N–H and O–H groups in total. The summed E-state index contributed by atoms with van der Waals surface area (Å²) < 4.78 is 3.22. The predicted molar refractivity (Wildman–Crippen MR) is 114 cm³/mol. The van der Waals surface area contributed by atoms with Crippen molar-refractivity contribution in [1.29, 1.82) is 0 Å². The number of aryl methyl sites for hydroxylation is 1. The van der Waals surface area contributed by atoms with E-state index in [9.17, 15) is 9.59 Å². The van der Waals surface area contributed by atoms with Gasteiger partial charge in [-0.05, 0) is 52.2 Å². The molecule has 2 amide bonds. The summed E-state index contributed by atoms with van der Waals surface area (Å²) in [5, 5.41) is 3.28. The van der Waals surface area contributed by atoms with E-state index in [0.29, 0.717) is 12.2 Å². The van der Waals surface area contributed by atoms with Gasteiger partial charge >= 0.3 is 0 Å². The van der Waals surface area contributed by atoms with Gasteiger partial charge in [0.05, 0.1) is 16.8 Å². The van der Waals surface area contributed by atoms with E-state index in [4.69, 9.17) is 0 Å². The second-order valence-electron chi connectivity index (χ2n) is 8.78. The standard InChI is InChI=1S/C22H31N3O2S/c1-5-16-11-17-19(28-16)12-18-20(26)25(14(2)3)22(4,13-24(17)18)21(27)23-15-9-7-6-8-10-15/h11-12,14-15H,5-10,13H2,1-4H3,(H,23,27). The number of carbonyl (C=O) groups is 2. The number of thiophene rings is 1. The molecule has 0 spiro atoms. The van der Waals surface area contributed by atoms with Gasteiger partial charge in [0.15, 0.2) is 0 Å². The number of nitrogens with zero attached hydrogens (tertiary/aromatic N) is 2. The third-order valence-electron chi connectivity index (χ3n) is 6.37. The normalized spacial score (nSPS) is 23.5. The second-order valence-corrected chi connectivity index (χ2v) is 9.95. The van der Waals surface area contributed by atoms with Crippen molar-refractivity contribution in [2.45, 2.75) is 90.4 Å². The van der Waals surface area contributed by atoms with Gasteiger partial charge in [0.2, 0.25) is 5.91 Å². The highest BCUT2D eigenvalue weighted by Crippen LogP contribution is 2.37. The van der Waals surface area contributed by atoms with Crippen molar-refractivity contribution in [2.24, 2.45) is 0 Å². The maximum Gasteiger partial charge on any atom is 0.271 e. The van der Waals surface area contributed by atoms with E-state index in [1.54, 1.807) is 16.2 Å². The average molecular weight is 402 g/mol. The van der Waals surface area contributed by atoms with Crippen LogP contribution in [0, 0.1) is 0 Å². The molecule has 1 atom stereocenters. The van der Waals surface area contributed by atoms with Crippen LogP contribution in [0.1, 0.15) is 75.2 Å². The van der Waals surface area contributed by atoms with Crippen LogP contribution in [0.2, 0.25) is 0 Å². The molecule has 2 aromatic heterocycles. The van der Waals surface area contributed by atoms with Gasteiger partial charge in [-0.3, -0.25) is 9.59 Å². The quantitative estimate of drug-likeness (QED) is 0.829. The SMILES string of the molecule is CCc1cc2c(cc3n2CC(C)(C(=O)NC2CCCCC2)N(C(C)C)C3=O)s1. The van der Waals surface area contributed by atoms with Gasteiger partial charge in [0.1, 0.15) is 11.2 Å². The van der Waals surface area contributed by atoms with Crippen LogP contribution in [-0.2, 0) is 17.8 Å². The molecular formula is C22H31N3O2S. The van der Waals surface area contributed by atoms with Gasteiger partial charge in [-0.1, -0.05) is 26.2 Å². The van der Waals surface area contributed by atoms with Crippen molar-refractivity contribution in [3.8, 4) is 0 Å². The molecule has 28 heavy (non-hydrogen) atoms. The monoisotopic (exact) mass is 401 g/mol. The first-order chi connectivity index (χ1) is 13.3. The van der Waals surface area contributed by atoms with Crippen LogP contribution in [0.3, 0.4) is 0 Å². The molecule has 3 heterocycles. The molecule has 0 aromatic carbocycles. The molecule has 0 saturated heterocycles. The highest BCUT2D eigenvalue weighted by molar-refractivity contribution is 7.19. The Morgan fingerprint density at radius 1 is 1.29 bits per heavy atom. The van der Waals surface area contributed by atoms with E-state index in [1.165, 1.54) is 24.1 Å². The number of rotatable bonds is 4. The first kappa shape index (κ1) is 19.5. The molecule has 6 heteroatoms. The number of carbonyl (C=O) groups excluding carboxylic acids is 2. The maximum absolute atomic E-state index is 13.5. The minimum Gasteiger partial charge on any atom is -0.351 e. The van der Waals surface area contributed by atoms with Crippen LogP contribution in [0.5, 0.6) is 0 Å². The van der Waals surface area contributed by atoms with Crippen molar-refractivity contribution in [3.05, 3.63) is 22.7 Å². The van der Waals surface area contributed by atoms with Crippen molar-refractivity contribution in [3.63, 3.8) is 0 Å². The second kappa shape index (κ2) is 7.21. The fourth-order valence-electron chi connectivity index (χ4n) is 4.92. The summed E-state index contributed by atoms with van der Waals surface area (Å²) in [5.74, 6) is -0.0520. The molecule has 1 aliphatic heterocycles. The zero-order valence-electron chi connectivity index (χ0n) is 17.4. The molecule has 152 valence electrons. The van der Waals surface area contributed by atoms with Crippen LogP contribution in [0.15, 0.2) is 12.1 Å². The molecule has 2 aliphatic rings. The lowest BCUT2D eigenvalue weighted by molar-refractivity contribution is -0.134. The zero-order chi connectivity index (χ0) is 20.1. The lowest BCUT2D eigenvalue weighted by Gasteiger charge is -2.46. The van der Waals surface area contributed by atoms with E-state index < -0.39 is 5.54 Å². The Hall–Kier alpha value is -1.82. The van der Waals surface area contributed by atoms with Crippen molar-refractivity contribution in [1.82, 2.24) is 14.8 Å². The summed E-state index contributed by atoms with van der Waals surface area (Å²) in [7, 11) is 0. The Labute approximate surface area is 171 Å². The fourth-order valence-corrected chi connectivity index (χ4v) is 5.96. The molecule has 1 fully saturated rings. The summed E-state index contributed by atoms with van der Waals surface area (Å²) >= 11 is 1.75. The summed E-state index contributed by atoms with van der Waals surface area (Å²) in [4.78, 5) is 30.0. The summed E-state index contributed by atoms with van der Waals surface area (Å²) in [6, 6.07) is 4.39. The largest absolute Gasteiger partial charge is 0.351 e. The third kappa shape index (κ3) is 3.06. The molecule has 0 radical (unpaired) electrons. The first-order valence-electron chi connectivity index (χ1n) is 10.6. The molecule has 4 rings (SSSR count). The van der Waals surface area contributed by atoms with Crippen LogP contribution < -0.4 is 5.32 Å². The Kier molecular flexibility index (Phi) is 5.02. The zero-order valence-corrected chi connectivity index (χ0v) is 18.2. The minimum absolute atomic E-state index is 0.0140. The smallest absolute Gasteiger partial charge is 0.271 e. The van der Waals surface area contributed by atoms with Gasteiger partial charge in [0.25, 0.3) is 5.91 Å². The average Bonchev–Trinajstić information content (AvgIpc) is 3.21. The molecule has 2 aromatic rings. The fraction of sp³-hybridized carbons (Fsp3) is 0.636. The number of amides is 2. The summed E-state index contributed by atoms with van der Waals surface area (Å²) in [5.41, 5.74) is 0.918. The van der Waals surface area contributed by atoms with Crippen molar-refractivity contribution < 1.29 is 9.59 Å². The van der Waals surface area contributed by atoms with Gasteiger partial charge in [0, 0.05) is 17.0 Å². The van der Waals surface area contributed by atoms with Crippen molar-refractivity contribution in [2.75, 3.05) is 0 Å². The van der Waals surface area contributed by atoms with Gasteiger partial charge in [-0.25, -0.2) is 0 Å². The molecular weight excluding hydrogens is 370 g/mol. The number of fused-ring (bicyclic) bond motifs is 3. The molecule has 1 aliphatic carbocycles. The Bertz CT molecular complexity index is 906. The Morgan fingerprint density at radius 3 is 2.64 bits per heavy atom. The Morgan fingerprint density at radius 2 is 2.00 bits per heavy atom. The van der Waals surface area contributed by atoms with E-state index in [2.05, 4.69) is 22.9 Å². The van der Waals surface area contributed by atoms with Gasteiger partial charge < -0.3 is 14.8 Å². The van der Waals surface area contributed by atoms with E-state index >= 15 is 0 Å². The maximum atomic E-state index is 13.5. The van der Waals surface area contributed by atoms with Gasteiger partial charge in [-0.15, -0.1) is 11.3 Å². The first-order valence-corrected chi connectivity index (χ1v) is 11.4. The number of nitrogens with one attached hydrogen (secondary N) is 1. The van der Waals surface area contributed by atoms with E-state index in [1.807, 2.05) is 26.8 Å². The Balaban J connectivity index is 1.72.